The highest BCUT2D eigenvalue weighted by Crippen LogP contribution is 2.40. The molecule has 0 saturated carbocycles. The molecule has 5 heteroatoms. The maximum Gasteiger partial charge on any atom is 0.322 e. The number of aryl methyl sites for hydroxylation is 2. The summed E-state index contributed by atoms with van der Waals surface area (Å²) >= 11 is 0. The smallest absolute Gasteiger partial charge is 0.322 e. The molecule has 0 aliphatic carbocycles. The number of carbonyl (C=O) groups excluding carboxylic acids is 1. The van der Waals surface area contributed by atoms with E-state index in [4.69, 9.17) is 5.11 Å². The van der Waals surface area contributed by atoms with Crippen LogP contribution in [0.2, 0.25) is 0 Å². The van der Waals surface area contributed by atoms with Crippen molar-refractivity contribution in [2.75, 3.05) is 6.54 Å². The molecule has 3 N–H and O–H groups in total. The van der Waals surface area contributed by atoms with Gasteiger partial charge in [0, 0.05) is 11.0 Å². The van der Waals surface area contributed by atoms with Gasteiger partial charge in [-0.2, -0.15) is 0 Å². The summed E-state index contributed by atoms with van der Waals surface area (Å²) in [5, 5.41) is 21.9. The first-order valence-electron chi connectivity index (χ1n) is 12.2. The third-order valence-corrected chi connectivity index (χ3v) is 7.25. The molecule has 2 aromatic carbocycles. The van der Waals surface area contributed by atoms with Crippen LogP contribution in [0.25, 0.3) is 6.08 Å². The molecule has 0 bridgehead atoms. The molecule has 1 amide bonds. The van der Waals surface area contributed by atoms with Crippen LogP contribution in [0.1, 0.15) is 91.6 Å². The van der Waals surface area contributed by atoms with Gasteiger partial charge in [-0.25, -0.2) is 0 Å². The maximum atomic E-state index is 12.4. The van der Waals surface area contributed by atoms with Crippen molar-refractivity contribution in [3.05, 3.63) is 75.9 Å². The second-order valence-electron chi connectivity index (χ2n) is 9.11. The molecule has 2 aromatic rings. The average molecular weight is 466 g/mol. The quantitative estimate of drug-likeness (QED) is 0.392. The van der Waals surface area contributed by atoms with E-state index in [9.17, 15) is 14.7 Å². The molecule has 0 unspecified atom stereocenters. The van der Waals surface area contributed by atoms with Crippen molar-refractivity contribution in [2.24, 2.45) is 0 Å². The fourth-order valence-electron chi connectivity index (χ4n) is 4.59. The normalized spacial score (nSPS) is 12.2. The number of nitrogens with one attached hydrogen (secondary N) is 1. The van der Waals surface area contributed by atoms with Gasteiger partial charge in [0.25, 0.3) is 5.91 Å². The number of aliphatic carboxylic acids is 1. The van der Waals surface area contributed by atoms with E-state index < -0.39 is 18.1 Å². The Morgan fingerprint density at radius 1 is 0.882 bits per heavy atom. The van der Waals surface area contributed by atoms with E-state index in [0.29, 0.717) is 18.4 Å². The van der Waals surface area contributed by atoms with E-state index in [1.54, 1.807) is 6.07 Å². The van der Waals surface area contributed by atoms with Crippen molar-refractivity contribution in [1.82, 2.24) is 5.32 Å². The molecule has 0 radical (unpaired) electrons. The van der Waals surface area contributed by atoms with Gasteiger partial charge in [-0.1, -0.05) is 70.2 Å². The standard InChI is InChI=1S/C29H39NO4/c1-7-28(34,8-2)16-15-22-11-12-23(17-20(22)5)29(9-3,10-4)24-13-14-25(21(6)18-24)27(33)30-19-26(31)32/h11-18,34H,7-10,19H2,1-6H3,(H,30,33)(H,31,32)/b16-15+. The first-order chi connectivity index (χ1) is 16.1. The Morgan fingerprint density at radius 2 is 1.44 bits per heavy atom. The molecule has 0 fully saturated rings. The van der Waals surface area contributed by atoms with E-state index in [0.717, 1.165) is 35.1 Å². The van der Waals surface area contributed by atoms with Gasteiger partial charge in [0.1, 0.15) is 6.54 Å². The van der Waals surface area contributed by atoms with Crippen molar-refractivity contribution in [3.63, 3.8) is 0 Å². The molecule has 34 heavy (non-hydrogen) atoms. The van der Waals surface area contributed by atoms with Gasteiger partial charge in [-0.3, -0.25) is 9.59 Å². The van der Waals surface area contributed by atoms with E-state index in [-0.39, 0.29) is 11.3 Å². The first kappa shape index (κ1) is 27.3. The lowest BCUT2D eigenvalue weighted by atomic mass is 9.69. The molecule has 2 rings (SSSR count). The molecule has 0 aliphatic rings. The van der Waals surface area contributed by atoms with Crippen LogP contribution in [0.5, 0.6) is 0 Å². The van der Waals surface area contributed by atoms with Crippen LogP contribution in [0.3, 0.4) is 0 Å². The van der Waals surface area contributed by atoms with Crippen molar-refractivity contribution < 1.29 is 19.8 Å². The number of carbonyl (C=O) groups is 2. The summed E-state index contributed by atoms with van der Waals surface area (Å²) in [6.07, 6.45) is 7.06. The lowest BCUT2D eigenvalue weighted by molar-refractivity contribution is -0.135. The molecular weight excluding hydrogens is 426 g/mol. The van der Waals surface area contributed by atoms with Crippen molar-refractivity contribution in [1.29, 1.82) is 0 Å². The topological polar surface area (TPSA) is 86.6 Å². The van der Waals surface area contributed by atoms with Crippen LogP contribution < -0.4 is 5.32 Å². The van der Waals surface area contributed by atoms with E-state index >= 15 is 0 Å². The highest BCUT2D eigenvalue weighted by molar-refractivity contribution is 5.97. The van der Waals surface area contributed by atoms with Crippen LogP contribution in [-0.2, 0) is 10.2 Å². The molecule has 184 valence electrons. The molecule has 0 aliphatic heterocycles. The maximum absolute atomic E-state index is 12.4. The highest BCUT2D eigenvalue weighted by Gasteiger charge is 2.31. The summed E-state index contributed by atoms with van der Waals surface area (Å²) in [6, 6.07) is 12.3. The Morgan fingerprint density at radius 3 is 1.91 bits per heavy atom. The molecule has 0 heterocycles. The van der Waals surface area contributed by atoms with Gasteiger partial charge < -0.3 is 15.5 Å². The average Bonchev–Trinajstić information content (AvgIpc) is 2.83. The second kappa shape index (κ2) is 11.5. The van der Waals surface area contributed by atoms with E-state index in [1.165, 1.54) is 5.56 Å². The fourth-order valence-corrected chi connectivity index (χ4v) is 4.59. The molecule has 0 aromatic heterocycles. The number of benzene rings is 2. The van der Waals surface area contributed by atoms with Gasteiger partial charge in [-0.05, 0) is 73.4 Å². The minimum Gasteiger partial charge on any atom is -0.480 e. The third-order valence-electron chi connectivity index (χ3n) is 7.25. The predicted molar refractivity (Wildman–Crippen MR) is 138 cm³/mol. The lowest BCUT2D eigenvalue weighted by Crippen LogP contribution is -2.30. The fraction of sp³-hybridized carbons (Fsp3) is 0.448. The van der Waals surface area contributed by atoms with Crippen LogP contribution in [0, 0.1) is 13.8 Å². The van der Waals surface area contributed by atoms with Crippen molar-refractivity contribution in [3.8, 4) is 0 Å². The molecule has 0 spiro atoms. The SMILES string of the molecule is CCC(O)(/C=C/c1ccc(C(CC)(CC)c2ccc(C(=O)NCC(=O)O)c(C)c2)cc1C)CC. The largest absolute Gasteiger partial charge is 0.480 e. The van der Waals surface area contributed by atoms with Crippen LogP contribution >= 0.6 is 0 Å². The van der Waals surface area contributed by atoms with Gasteiger partial charge in [0.2, 0.25) is 0 Å². The number of hydrogen-bond donors (Lipinski definition) is 3. The van der Waals surface area contributed by atoms with Crippen LogP contribution in [0.15, 0.2) is 42.5 Å². The second-order valence-corrected chi connectivity index (χ2v) is 9.11. The first-order valence-corrected chi connectivity index (χ1v) is 12.2. The summed E-state index contributed by atoms with van der Waals surface area (Å²) in [6.45, 7) is 11.9. The molecule has 0 saturated heterocycles. The summed E-state index contributed by atoms with van der Waals surface area (Å²) in [5.74, 6) is -1.45. The van der Waals surface area contributed by atoms with Crippen LogP contribution in [-0.4, -0.2) is 34.2 Å². The number of carboxylic acid groups (broad SMARTS) is 1. The zero-order chi connectivity index (χ0) is 25.5. The number of aliphatic hydroxyl groups is 1. The summed E-state index contributed by atoms with van der Waals surface area (Å²) in [5.41, 5.74) is 4.92. The molecule has 0 atom stereocenters. The summed E-state index contributed by atoms with van der Waals surface area (Å²) in [7, 11) is 0. The molecular formula is C29H39NO4. The van der Waals surface area contributed by atoms with Gasteiger partial charge in [0.15, 0.2) is 0 Å². The monoisotopic (exact) mass is 465 g/mol. The number of rotatable bonds is 11. The lowest BCUT2D eigenvalue weighted by Gasteiger charge is -2.34. The van der Waals surface area contributed by atoms with Crippen molar-refractivity contribution >= 4 is 18.0 Å². The minimum absolute atomic E-state index is 0.207. The Labute approximate surface area is 203 Å². The Hall–Kier alpha value is -2.92. The Bertz CT molecular complexity index is 1050. The summed E-state index contributed by atoms with van der Waals surface area (Å²) < 4.78 is 0. The Balaban J connectivity index is 2.44. The Kier molecular flexibility index (Phi) is 9.22. The van der Waals surface area contributed by atoms with Gasteiger partial charge in [-0.15, -0.1) is 0 Å². The third kappa shape index (κ3) is 5.95. The number of carboxylic acids is 1. The summed E-state index contributed by atoms with van der Waals surface area (Å²) in [4.78, 5) is 23.2. The minimum atomic E-state index is -1.07. The zero-order valence-electron chi connectivity index (χ0n) is 21.4. The van der Waals surface area contributed by atoms with E-state index in [1.807, 2.05) is 39.0 Å². The van der Waals surface area contributed by atoms with Gasteiger partial charge in [0.05, 0.1) is 5.60 Å². The number of hydrogen-bond acceptors (Lipinski definition) is 3. The highest BCUT2D eigenvalue weighted by atomic mass is 16.4. The zero-order valence-corrected chi connectivity index (χ0v) is 21.4. The van der Waals surface area contributed by atoms with Crippen LogP contribution in [0.4, 0.5) is 0 Å². The predicted octanol–water partition coefficient (Wildman–Crippen LogP) is 5.79. The van der Waals surface area contributed by atoms with Gasteiger partial charge >= 0.3 is 5.97 Å². The van der Waals surface area contributed by atoms with E-state index in [2.05, 4.69) is 50.4 Å². The van der Waals surface area contributed by atoms with Crippen molar-refractivity contribution in [2.45, 2.75) is 78.2 Å². The molecule has 5 nitrogen and oxygen atoms in total. The number of amides is 1.